The summed E-state index contributed by atoms with van der Waals surface area (Å²) in [6.07, 6.45) is 3.06. The van der Waals surface area contributed by atoms with Crippen molar-refractivity contribution in [1.82, 2.24) is 14.8 Å². The molecular weight excluding hydrogens is 392 g/mol. The van der Waals surface area contributed by atoms with Gasteiger partial charge in [0, 0.05) is 35.8 Å². The van der Waals surface area contributed by atoms with E-state index in [0.717, 1.165) is 17.1 Å². The molecule has 2 aromatic rings. The van der Waals surface area contributed by atoms with Crippen LogP contribution in [0.3, 0.4) is 0 Å². The zero-order valence-electron chi connectivity index (χ0n) is 15.8. The van der Waals surface area contributed by atoms with Gasteiger partial charge < -0.3 is 4.57 Å². The average molecular weight is 410 g/mol. The van der Waals surface area contributed by atoms with Crippen molar-refractivity contribution < 1.29 is 14.5 Å². The smallest absolute Gasteiger partial charge is 0.269 e. The summed E-state index contributed by atoms with van der Waals surface area (Å²) >= 11 is 5.05. The van der Waals surface area contributed by atoms with Crippen LogP contribution in [0.25, 0.3) is 11.8 Å². The van der Waals surface area contributed by atoms with Crippen LogP contribution in [0, 0.1) is 24.0 Å². The van der Waals surface area contributed by atoms with Gasteiger partial charge in [0.2, 0.25) is 0 Å². The Balaban J connectivity index is 2.02. The van der Waals surface area contributed by atoms with Gasteiger partial charge in [-0.05, 0) is 55.9 Å². The molecule has 0 radical (unpaired) electrons. The molecule has 0 saturated carbocycles. The van der Waals surface area contributed by atoms with Gasteiger partial charge in [-0.25, -0.2) is 0 Å². The zero-order valence-corrected chi connectivity index (χ0v) is 16.7. The third kappa shape index (κ3) is 3.72. The molecule has 9 heteroatoms. The topological polar surface area (TPSA) is 97.5 Å². The summed E-state index contributed by atoms with van der Waals surface area (Å²) in [5.41, 5.74) is 3.04. The Morgan fingerprint density at radius 3 is 2.48 bits per heavy atom. The number of benzene rings is 1. The highest BCUT2D eigenvalue weighted by atomic mass is 32.1. The van der Waals surface area contributed by atoms with Crippen molar-refractivity contribution in [1.29, 1.82) is 0 Å². The highest BCUT2D eigenvalue weighted by Crippen LogP contribution is 2.25. The Morgan fingerprint density at radius 1 is 1.24 bits per heavy atom. The van der Waals surface area contributed by atoms with Crippen LogP contribution in [-0.2, 0) is 9.59 Å². The number of hydrogen-bond donors (Lipinski definition) is 1. The van der Waals surface area contributed by atoms with Gasteiger partial charge >= 0.3 is 0 Å². The normalized spacial score (nSPS) is 15.6. The molecule has 0 bridgehead atoms. The number of thiocarbonyl (C=S) groups is 1. The lowest BCUT2D eigenvalue weighted by Gasteiger charge is -2.27. The molecule has 1 aromatic heterocycles. The minimum absolute atomic E-state index is 0.00121. The summed E-state index contributed by atoms with van der Waals surface area (Å²) < 4.78 is 1.90. The molecule has 1 aliphatic rings. The Hall–Kier alpha value is -3.59. The van der Waals surface area contributed by atoms with Crippen LogP contribution < -0.4 is 5.32 Å². The second-order valence-corrected chi connectivity index (χ2v) is 6.84. The molecule has 0 spiro atoms. The molecule has 0 aliphatic carbocycles. The molecule has 3 rings (SSSR count). The summed E-state index contributed by atoms with van der Waals surface area (Å²) in [6.45, 7) is 7.51. The fourth-order valence-electron chi connectivity index (χ4n) is 3.20. The lowest BCUT2D eigenvalue weighted by atomic mass is 10.1. The van der Waals surface area contributed by atoms with Crippen LogP contribution in [0.5, 0.6) is 0 Å². The molecule has 1 fully saturated rings. The molecule has 0 atom stereocenters. The van der Waals surface area contributed by atoms with E-state index < -0.39 is 16.7 Å². The molecule has 0 unspecified atom stereocenters. The fraction of sp³-hybridized carbons (Fsp3) is 0.150. The number of amides is 2. The molecule has 29 heavy (non-hydrogen) atoms. The number of carbonyl (C=O) groups is 2. The molecule has 1 aromatic carbocycles. The van der Waals surface area contributed by atoms with Gasteiger partial charge in [-0.1, -0.05) is 6.08 Å². The lowest BCUT2D eigenvalue weighted by molar-refractivity contribution is -0.384. The van der Waals surface area contributed by atoms with Gasteiger partial charge in [-0.15, -0.1) is 6.58 Å². The van der Waals surface area contributed by atoms with Crippen molar-refractivity contribution in [2.24, 2.45) is 0 Å². The van der Waals surface area contributed by atoms with E-state index in [-0.39, 0.29) is 22.9 Å². The number of hydrogen-bond acceptors (Lipinski definition) is 5. The van der Waals surface area contributed by atoms with E-state index >= 15 is 0 Å². The van der Waals surface area contributed by atoms with E-state index in [1.807, 2.05) is 24.5 Å². The number of nitrogens with one attached hydrogen (secondary N) is 1. The molecule has 148 valence electrons. The van der Waals surface area contributed by atoms with Gasteiger partial charge in [-0.3, -0.25) is 29.9 Å². The molecule has 8 nitrogen and oxygen atoms in total. The Morgan fingerprint density at radius 2 is 1.90 bits per heavy atom. The second kappa shape index (κ2) is 7.80. The van der Waals surface area contributed by atoms with Crippen molar-refractivity contribution in [2.75, 3.05) is 6.54 Å². The van der Waals surface area contributed by atoms with Crippen molar-refractivity contribution in [2.45, 2.75) is 13.8 Å². The maximum Gasteiger partial charge on any atom is 0.269 e. The zero-order chi connectivity index (χ0) is 21.3. The second-order valence-electron chi connectivity index (χ2n) is 6.46. The minimum Gasteiger partial charge on any atom is -0.318 e. The van der Waals surface area contributed by atoms with Crippen LogP contribution in [0.15, 0.2) is 48.6 Å². The van der Waals surface area contributed by atoms with Crippen LogP contribution in [0.1, 0.15) is 17.0 Å². The number of aryl methyl sites for hydroxylation is 1. The Bertz CT molecular complexity index is 1080. The SMILES string of the molecule is C=CCN1C(=O)/C(=C\c2cc(C)n(-c3ccc([N+](=O)[O-])cc3)c2C)C(=O)NC1=S. The van der Waals surface area contributed by atoms with Crippen LogP contribution in [0.2, 0.25) is 0 Å². The van der Waals surface area contributed by atoms with E-state index in [1.54, 1.807) is 12.1 Å². The number of aromatic nitrogens is 1. The minimum atomic E-state index is -0.555. The summed E-state index contributed by atoms with van der Waals surface area (Å²) in [5, 5.41) is 13.4. The standard InChI is InChI=1S/C20H18N4O4S/c1-4-9-22-19(26)17(18(25)21-20(22)29)11-14-10-12(2)23(13(14)3)15-5-7-16(8-6-15)24(27)28/h4-8,10-11H,1,9H2,2-3H3,(H,21,25,29)/b17-11-. The molecule has 2 heterocycles. The highest BCUT2D eigenvalue weighted by molar-refractivity contribution is 7.80. The highest BCUT2D eigenvalue weighted by Gasteiger charge is 2.32. The molecule has 1 N–H and O–H groups in total. The number of nitro benzene ring substituents is 1. The van der Waals surface area contributed by atoms with Gasteiger partial charge in [0.25, 0.3) is 17.5 Å². The van der Waals surface area contributed by atoms with Crippen molar-refractivity contribution >= 4 is 40.9 Å². The van der Waals surface area contributed by atoms with Gasteiger partial charge in [0.15, 0.2) is 5.11 Å². The Kier molecular flexibility index (Phi) is 5.42. The van der Waals surface area contributed by atoms with Crippen molar-refractivity contribution in [3.63, 3.8) is 0 Å². The van der Waals surface area contributed by atoms with Crippen molar-refractivity contribution in [3.05, 3.63) is 75.6 Å². The maximum absolute atomic E-state index is 12.7. The van der Waals surface area contributed by atoms with E-state index in [9.17, 15) is 19.7 Å². The molecule has 1 aliphatic heterocycles. The predicted molar refractivity (Wildman–Crippen MR) is 113 cm³/mol. The van der Waals surface area contributed by atoms with Crippen LogP contribution in [0.4, 0.5) is 5.69 Å². The van der Waals surface area contributed by atoms with E-state index in [2.05, 4.69) is 11.9 Å². The molecule has 2 amide bonds. The first-order chi connectivity index (χ1) is 13.7. The number of nitrogens with zero attached hydrogens (tertiary/aromatic N) is 3. The number of carbonyl (C=O) groups excluding carboxylic acids is 2. The first-order valence-electron chi connectivity index (χ1n) is 8.68. The summed E-state index contributed by atoms with van der Waals surface area (Å²) in [4.78, 5) is 36.7. The molecular formula is C20H18N4O4S. The van der Waals surface area contributed by atoms with Gasteiger partial charge in [0.1, 0.15) is 5.57 Å². The third-order valence-electron chi connectivity index (χ3n) is 4.59. The number of non-ortho nitro benzene ring substituents is 1. The Labute approximate surface area is 172 Å². The maximum atomic E-state index is 12.7. The first kappa shape index (κ1) is 20.2. The number of rotatable bonds is 5. The van der Waals surface area contributed by atoms with Crippen LogP contribution in [-0.4, -0.2) is 37.9 Å². The first-order valence-corrected chi connectivity index (χ1v) is 9.09. The van der Waals surface area contributed by atoms with Crippen molar-refractivity contribution in [3.8, 4) is 5.69 Å². The van der Waals surface area contributed by atoms with E-state index in [4.69, 9.17) is 12.2 Å². The van der Waals surface area contributed by atoms with Gasteiger partial charge in [0.05, 0.1) is 4.92 Å². The number of nitro groups is 1. The largest absolute Gasteiger partial charge is 0.318 e. The van der Waals surface area contributed by atoms with Crippen LogP contribution >= 0.6 is 12.2 Å². The summed E-state index contributed by atoms with van der Waals surface area (Å²) in [5.74, 6) is -1.04. The van der Waals surface area contributed by atoms with E-state index in [0.29, 0.717) is 5.56 Å². The van der Waals surface area contributed by atoms with E-state index in [1.165, 1.54) is 29.2 Å². The third-order valence-corrected chi connectivity index (χ3v) is 4.91. The lowest BCUT2D eigenvalue weighted by Crippen LogP contribution is -2.53. The van der Waals surface area contributed by atoms with Gasteiger partial charge in [-0.2, -0.15) is 0 Å². The predicted octanol–water partition coefficient (Wildman–Crippen LogP) is 2.82. The monoisotopic (exact) mass is 410 g/mol. The average Bonchev–Trinajstić information content (AvgIpc) is 2.95. The molecule has 1 saturated heterocycles. The summed E-state index contributed by atoms with van der Waals surface area (Å²) in [6, 6.07) is 8.00. The quantitative estimate of drug-likeness (QED) is 0.204. The fourth-order valence-corrected chi connectivity index (χ4v) is 3.45. The summed E-state index contributed by atoms with van der Waals surface area (Å²) in [7, 11) is 0.